The van der Waals surface area contributed by atoms with Gasteiger partial charge in [0.05, 0.1) is 13.2 Å². The first-order chi connectivity index (χ1) is 4.25. The zero-order valence-electron chi connectivity index (χ0n) is 4.90. The van der Waals surface area contributed by atoms with Gasteiger partial charge in [0.2, 0.25) is 0 Å². The molecule has 1 aliphatic heterocycles. The maximum absolute atomic E-state index is 8.92. The zero-order valence-corrected chi connectivity index (χ0v) is 4.90. The molecule has 4 nitrogen and oxygen atoms in total. The number of rotatable bonds is 1. The molecule has 0 amide bonds. The first kappa shape index (κ1) is 6.95. The summed E-state index contributed by atoms with van der Waals surface area (Å²) in [5.41, 5.74) is 0. The molecule has 54 valence electrons. The fraction of sp³-hybridized carbons (Fsp3) is 1.00. The van der Waals surface area contributed by atoms with Gasteiger partial charge in [0.1, 0.15) is 18.3 Å². The van der Waals surface area contributed by atoms with Gasteiger partial charge < -0.3 is 20.1 Å². The van der Waals surface area contributed by atoms with Crippen molar-refractivity contribution in [3.8, 4) is 0 Å². The SMILES string of the molecule is OCC1OC[C@@H](O)C1O. The quantitative estimate of drug-likeness (QED) is 0.392. The molecule has 0 spiro atoms. The molecular weight excluding hydrogens is 124 g/mol. The summed E-state index contributed by atoms with van der Waals surface area (Å²) in [7, 11) is 0. The van der Waals surface area contributed by atoms with Gasteiger partial charge in [-0.25, -0.2) is 0 Å². The molecule has 0 aromatic rings. The zero-order chi connectivity index (χ0) is 6.85. The largest absolute Gasteiger partial charge is 0.394 e. The molecule has 0 radical (unpaired) electrons. The first-order valence-corrected chi connectivity index (χ1v) is 2.84. The number of hydrogen-bond donors (Lipinski definition) is 3. The summed E-state index contributed by atoms with van der Waals surface area (Å²) in [6, 6.07) is 0. The molecule has 9 heavy (non-hydrogen) atoms. The maximum Gasteiger partial charge on any atom is 0.110 e. The molecule has 1 aliphatic rings. The van der Waals surface area contributed by atoms with Crippen LogP contribution in [-0.4, -0.2) is 46.8 Å². The van der Waals surface area contributed by atoms with Gasteiger partial charge in [-0.3, -0.25) is 0 Å². The summed E-state index contributed by atoms with van der Waals surface area (Å²) < 4.78 is 4.78. The fourth-order valence-electron chi connectivity index (χ4n) is 0.828. The second-order valence-corrected chi connectivity index (χ2v) is 2.11. The van der Waals surface area contributed by atoms with Crippen LogP contribution in [0.4, 0.5) is 0 Å². The summed E-state index contributed by atoms with van der Waals surface area (Å²) in [6.07, 6.45) is -2.35. The molecule has 1 saturated heterocycles. The number of ether oxygens (including phenoxy) is 1. The molecular formula is C5H10O4. The number of aliphatic hydroxyl groups excluding tert-OH is 3. The average molecular weight is 134 g/mol. The van der Waals surface area contributed by atoms with Crippen LogP contribution in [0.5, 0.6) is 0 Å². The number of hydrogen-bond acceptors (Lipinski definition) is 4. The Hall–Kier alpha value is -0.160. The Morgan fingerprint density at radius 1 is 1.44 bits per heavy atom. The molecule has 0 aromatic carbocycles. The van der Waals surface area contributed by atoms with Crippen molar-refractivity contribution in [1.82, 2.24) is 0 Å². The lowest BCUT2D eigenvalue weighted by Gasteiger charge is -2.10. The summed E-state index contributed by atoms with van der Waals surface area (Å²) in [5, 5.41) is 26.2. The van der Waals surface area contributed by atoms with Gasteiger partial charge in [-0.15, -0.1) is 0 Å². The molecule has 3 atom stereocenters. The number of aliphatic hydroxyl groups is 3. The minimum absolute atomic E-state index is 0.117. The van der Waals surface area contributed by atoms with Gasteiger partial charge >= 0.3 is 0 Å². The fourth-order valence-corrected chi connectivity index (χ4v) is 0.828. The van der Waals surface area contributed by atoms with Crippen LogP contribution in [0.3, 0.4) is 0 Å². The summed E-state index contributed by atoms with van der Waals surface area (Å²) in [6.45, 7) is -0.120. The highest BCUT2D eigenvalue weighted by Crippen LogP contribution is 2.12. The van der Waals surface area contributed by atoms with Crippen molar-refractivity contribution in [2.75, 3.05) is 13.2 Å². The third-order valence-electron chi connectivity index (χ3n) is 1.44. The second-order valence-electron chi connectivity index (χ2n) is 2.11. The Balaban J connectivity index is 2.41. The normalized spacial score (nSPS) is 43.7. The van der Waals surface area contributed by atoms with Crippen molar-refractivity contribution in [2.45, 2.75) is 18.3 Å². The lowest BCUT2D eigenvalue weighted by molar-refractivity contribution is -0.00588. The van der Waals surface area contributed by atoms with Crippen LogP contribution in [0, 0.1) is 0 Å². The van der Waals surface area contributed by atoms with Crippen molar-refractivity contribution in [3.63, 3.8) is 0 Å². The maximum atomic E-state index is 8.92. The highest BCUT2D eigenvalue weighted by molar-refractivity contribution is 4.81. The Morgan fingerprint density at radius 3 is 2.33 bits per heavy atom. The van der Waals surface area contributed by atoms with Crippen LogP contribution in [0.2, 0.25) is 0 Å². The predicted octanol–water partition coefficient (Wildman–Crippen LogP) is -1.90. The molecule has 1 rings (SSSR count). The van der Waals surface area contributed by atoms with E-state index in [4.69, 9.17) is 20.1 Å². The minimum Gasteiger partial charge on any atom is -0.394 e. The molecule has 1 heterocycles. The Bertz CT molecular complexity index is 95.0. The molecule has 0 saturated carbocycles. The van der Waals surface area contributed by atoms with Crippen LogP contribution in [0.1, 0.15) is 0 Å². The smallest absolute Gasteiger partial charge is 0.110 e. The van der Waals surface area contributed by atoms with Gasteiger partial charge in [-0.05, 0) is 0 Å². The van der Waals surface area contributed by atoms with E-state index in [9.17, 15) is 0 Å². The van der Waals surface area contributed by atoms with E-state index in [0.717, 1.165) is 0 Å². The van der Waals surface area contributed by atoms with Crippen molar-refractivity contribution in [1.29, 1.82) is 0 Å². The Morgan fingerprint density at radius 2 is 2.11 bits per heavy atom. The molecule has 2 unspecified atom stereocenters. The van der Waals surface area contributed by atoms with Gasteiger partial charge in [0.15, 0.2) is 0 Å². The first-order valence-electron chi connectivity index (χ1n) is 2.84. The lowest BCUT2D eigenvalue weighted by atomic mass is 10.2. The lowest BCUT2D eigenvalue weighted by Crippen LogP contribution is -2.31. The van der Waals surface area contributed by atoms with E-state index in [-0.39, 0.29) is 13.2 Å². The van der Waals surface area contributed by atoms with E-state index < -0.39 is 18.3 Å². The van der Waals surface area contributed by atoms with Gasteiger partial charge in [0, 0.05) is 0 Å². The summed E-state index contributed by atoms with van der Waals surface area (Å²) in [5.74, 6) is 0. The van der Waals surface area contributed by atoms with Crippen molar-refractivity contribution < 1.29 is 20.1 Å². The van der Waals surface area contributed by atoms with E-state index in [1.54, 1.807) is 0 Å². The highest BCUT2D eigenvalue weighted by atomic mass is 16.5. The molecule has 0 bridgehead atoms. The van der Waals surface area contributed by atoms with Crippen molar-refractivity contribution in [3.05, 3.63) is 0 Å². The Kier molecular flexibility index (Phi) is 2.02. The van der Waals surface area contributed by atoms with E-state index in [1.165, 1.54) is 0 Å². The van der Waals surface area contributed by atoms with E-state index in [2.05, 4.69) is 0 Å². The van der Waals surface area contributed by atoms with E-state index in [0.29, 0.717) is 0 Å². The highest BCUT2D eigenvalue weighted by Gasteiger charge is 2.33. The standard InChI is InChI=1S/C5H10O4/c6-1-4-5(8)3(7)2-9-4/h3-8H,1-2H2/t3-,4?,5?/m1/s1. The molecule has 0 aliphatic carbocycles. The molecule has 0 aromatic heterocycles. The van der Waals surface area contributed by atoms with Crippen LogP contribution in [-0.2, 0) is 4.74 Å². The minimum atomic E-state index is -0.921. The molecule has 3 N–H and O–H groups in total. The van der Waals surface area contributed by atoms with Crippen molar-refractivity contribution in [2.24, 2.45) is 0 Å². The monoisotopic (exact) mass is 134 g/mol. The topological polar surface area (TPSA) is 69.9 Å². The predicted molar refractivity (Wildman–Crippen MR) is 28.8 cm³/mol. The van der Waals surface area contributed by atoms with Crippen LogP contribution in [0.15, 0.2) is 0 Å². The van der Waals surface area contributed by atoms with E-state index >= 15 is 0 Å². The third-order valence-corrected chi connectivity index (χ3v) is 1.44. The van der Waals surface area contributed by atoms with Gasteiger partial charge in [-0.1, -0.05) is 0 Å². The molecule has 4 heteroatoms. The van der Waals surface area contributed by atoms with Crippen LogP contribution < -0.4 is 0 Å². The Labute approximate surface area is 52.7 Å². The van der Waals surface area contributed by atoms with Crippen LogP contribution in [0.25, 0.3) is 0 Å². The summed E-state index contributed by atoms with van der Waals surface area (Å²) in [4.78, 5) is 0. The third kappa shape index (κ3) is 1.21. The molecule has 1 fully saturated rings. The summed E-state index contributed by atoms with van der Waals surface area (Å²) >= 11 is 0. The average Bonchev–Trinajstić information content (AvgIpc) is 2.15. The van der Waals surface area contributed by atoms with Gasteiger partial charge in [0.25, 0.3) is 0 Å². The second kappa shape index (κ2) is 2.62. The van der Waals surface area contributed by atoms with E-state index in [1.807, 2.05) is 0 Å². The van der Waals surface area contributed by atoms with Gasteiger partial charge in [-0.2, -0.15) is 0 Å². The van der Waals surface area contributed by atoms with Crippen LogP contribution >= 0.6 is 0 Å². The van der Waals surface area contributed by atoms with Crippen molar-refractivity contribution >= 4 is 0 Å².